The Morgan fingerprint density at radius 1 is 1.38 bits per heavy atom. The molecule has 16 heavy (non-hydrogen) atoms. The van der Waals surface area contributed by atoms with Crippen molar-refractivity contribution < 1.29 is 0 Å². The van der Waals surface area contributed by atoms with Gasteiger partial charge in [-0.3, -0.25) is 0 Å². The van der Waals surface area contributed by atoms with E-state index >= 15 is 0 Å². The first-order valence-corrected chi connectivity index (χ1v) is 7.56. The third-order valence-corrected chi connectivity index (χ3v) is 4.11. The van der Waals surface area contributed by atoms with Crippen molar-refractivity contribution in [2.24, 2.45) is 0 Å². The molecule has 1 N–H and O–H groups in total. The predicted molar refractivity (Wildman–Crippen MR) is 75.1 cm³/mol. The summed E-state index contributed by atoms with van der Waals surface area (Å²) in [5, 5.41) is 4.53. The summed E-state index contributed by atoms with van der Waals surface area (Å²) in [4.78, 5) is 4.31. The number of nitrogens with zero attached hydrogens (tertiary/aromatic N) is 1. The van der Waals surface area contributed by atoms with E-state index in [4.69, 9.17) is 0 Å². The van der Waals surface area contributed by atoms with Gasteiger partial charge in [0.1, 0.15) is 5.03 Å². The van der Waals surface area contributed by atoms with Gasteiger partial charge in [-0.2, -0.15) is 0 Å². The van der Waals surface area contributed by atoms with Gasteiger partial charge in [-0.15, -0.1) is 11.8 Å². The zero-order valence-electron chi connectivity index (χ0n) is 9.71. The Hall–Kier alpha value is -0.0600. The fourth-order valence-electron chi connectivity index (χ4n) is 1.32. The van der Waals surface area contributed by atoms with E-state index in [1.54, 1.807) is 11.8 Å². The maximum absolute atomic E-state index is 4.31. The Morgan fingerprint density at radius 2 is 2.25 bits per heavy atom. The summed E-state index contributed by atoms with van der Waals surface area (Å²) in [5.41, 5.74) is 0. The van der Waals surface area contributed by atoms with Crippen LogP contribution in [0, 0.1) is 0 Å². The Balaban J connectivity index is 2.05. The van der Waals surface area contributed by atoms with Gasteiger partial charge < -0.3 is 5.32 Å². The minimum absolute atomic E-state index is 1.05. The van der Waals surface area contributed by atoms with Gasteiger partial charge >= 0.3 is 0 Å². The third kappa shape index (κ3) is 5.87. The zero-order chi connectivity index (χ0) is 11.6. The summed E-state index contributed by atoms with van der Waals surface area (Å²) in [5.74, 6) is 1.07. The highest BCUT2D eigenvalue weighted by atomic mass is 79.9. The van der Waals surface area contributed by atoms with Crippen molar-refractivity contribution in [2.75, 3.05) is 18.8 Å². The number of halogens is 1. The molecule has 2 nitrogen and oxygen atoms in total. The monoisotopic (exact) mass is 302 g/mol. The summed E-state index contributed by atoms with van der Waals surface area (Å²) in [6, 6.07) is 3.97. The normalized spacial score (nSPS) is 10.6. The van der Waals surface area contributed by atoms with Crippen molar-refractivity contribution in [2.45, 2.75) is 31.2 Å². The molecule has 0 aliphatic carbocycles. The van der Waals surface area contributed by atoms with Gasteiger partial charge in [0, 0.05) is 23.0 Å². The first-order chi connectivity index (χ1) is 7.84. The van der Waals surface area contributed by atoms with E-state index in [2.05, 4.69) is 33.2 Å². The molecular weight excluding hydrogens is 284 g/mol. The van der Waals surface area contributed by atoms with E-state index in [9.17, 15) is 0 Å². The van der Waals surface area contributed by atoms with Crippen LogP contribution >= 0.6 is 27.7 Å². The number of nitrogens with one attached hydrogen (secondary N) is 1. The van der Waals surface area contributed by atoms with Gasteiger partial charge in [-0.05, 0) is 41.0 Å². The summed E-state index contributed by atoms with van der Waals surface area (Å²) in [6.07, 6.45) is 5.74. The minimum Gasteiger partial charge on any atom is -0.316 e. The Kier molecular flexibility index (Phi) is 7.89. The molecule has 0 amide bonds. The van der Waals surface area contributed by atoms with Crippen molar-refractivity contribution >= 4 is 27.7 Å². The van der Waals surface area contributed by atoms with Crippen LogP contribution in [-0.2, 0) is 0 Å². The smallest absolute Gasteiger partial charge is 0.110 e. The number of aromatic nitrogens is 1. The first-order valence-electron chi connectivity index (χ1n) is 5.78. The number of hydrogen-bond acceptors (Lipinski definition) is 3. The number of pyridine rings is 1. The van der Waals surface area contributed by atoms with Crippen LogP contribution in [0.4, 0.5) is 0 Å². The van der Waals surface area contributed by atoms with Crippen molar-refractivity contribution in [3.8, 4) is 0 Å². The lowest BCUT2D eigenvalue weighted by atomic mass is 10.2. The zero-order valence-corrected chi connectivity index (χ0v) is 12.1. The van der Waals surface area contributed by atoms with Crippen LogP contribution in [0.2, 0.25) is 0 Å². The molecule has 4 heteroatoms. The van der Waals surface area contributed by atoms with E-state index in [1.807, 2.05) is 18.3 Å². The molecule has 1 aromatic heterocycles. The molecule has 0 unspecified atom stereocenters. The molecular formula is C12H19BrN2S. The molecule has 0 bridgehead atoms. The lowest BCUT2D eigenvalue weighted by Crippen LogP contribution is -2.18. The summed E-state index contributed by atoms with van der Waals surface area (Å²) in [7, 11) is 0. The van der Waals surface area contributed by atoms with Crippen molar-refractivity contribution in [1.82, 2.24) is 10.3 Å². The van der Waals surface area contributed by atoms with Crippen LogP contribution in [0.5, 0.6) is 0 Å². The van der Waals surface area contributed by atoms with E-state index in [0.29, 0.717) is 0 Å². The Bertz CT molecular complexity index is 294. The maximum Gasteiger partial charge on any atom is 0.110 e. The van der Waals surface area contributed by atoms with E-state index in [0.717, 1.165) is 28.3 Å². The average Bonchev–Trinajstić information content (AvgIpc) is 2.30. The minimum atomic E-state index is 1.05. The highest BCUT2D eigenvalue weighted by molar-refractivity contribution is 9.10. The molecule has 0 atom stereocenters. The van der Waals surface area contributed by atoms with Gasteiger partial charge in [-0.25, -0.2) is 4.98 Å². The molecule has 0 aromatic carbocycles. The predicted octanol–water partition coefficient (Wildman–Crippen LogP) is 3.72. The van der Waals surface area contributed by atoms with Crippen LogP contribution in [0.3, 0.4) is 0 Å². The maximum atomic E-state index is 4.31. The van der Waals surface area contributed by atoms with Crippen LogP contribution in [0.25, 0.3) is 0 Å². The summed E-state index contributed by atoms with van der Waals surface area (Å²) >= 11 is 5.29. The molecule has 0 aliphatic rings. The standard InChI is InChI=1S/C12H19BrN2S/c1-2-3-4-7-14-9-10-16-12-11(13)6-5-8-15-12/h5-6,8,14H,2-4,7,9-10H2,1H3. The molecule has 0 saturated carbocycles. The molecule has 0 radical (unpaired) electrons. The van der Waals surface area contributed by atoms with Gasteiger partial charge in [0.25, 0.3) is 0 Å². The molecule has 0 spiro atoms. The van der Waals surface area contributed by atoms with Gasteiger partial charge in [0.2, 0.25) is 0 Å². The SMILES string of the molecule is CCCCCNCCSc1ncccc1Br. The van der Waals surface area contributed by atoms with Crippen LogP contribution in [0.1, 0.15) is 26.2 Å². The van der Waals surface area contributed by atoms with Gasteiger partial charge in [0.05, 0.1) is 0 Å². The number of rotatable bonds is 8. The first kappa shape index (κ1) is 14.0. The second-order valence-electron chi connectivity index (χ2n) is 3.60. The molecule has 1 heterocycles. The number of unbranched alkanes of at least 4 members (excludes halogenated alkanes) is 2. The molecule has 0 saturated heterocycles. The highest BCUT2D eigenvalue weighted by Crippen LogP contribution is 2.23. The van der Waals surface area contributed by atoms with E-state index in [-0.39, 0.29) is 0 Å². The average molecular weight is 303 g/mol. The number of thioether (sulfide) groups is 1. The fourth-order valence-corrected chi connectivity index (χ4v) is 2.70. The second-order valence-corrected chi connectivity index (χ2v) is 5.53. The second kappa shape index (κ2) is 9.02. The quantitative estimate of drug-likeness (QED) is 0.585. The lowest BCUT2D eigenvalue weighted by Gasteiger charge is -2.04. The molecule has 90 valence electrons. The van der Waals surface area contributed by atoms with E-state index in [1.165, 1.54) is 19.3 Å². The van der Waals surface area contributed by atoms with E-state index < -0.39 is 0 Å². The summed E-state index contributed by atoms with van der Waals surface area (Å²) in [6.45, 7) is 4.42. The lowest BCUT2D eigenvalue weighted by molar-refractivity contribution is 0.636. The van der Waals surface area contributed by atoms with Crippen molar-refractivity contribution in [3.05, 3.63) is 22.8 Å². The van der Waals surface area contributed by atoms with Gasteiger partial charge in [0.15, 0.2) is 0 Å². The fraction of sp³-hybridized carbons (Fsp3) is 0.583. The summed E-state index contributed by atoms with van der Waals surface area (Å²) < 4.78 is 1.09. The molecule has 0 aliphatic heterocycles. The Morgan fingerprint density at radius 3 is 3.00 bits per heavy atom. The van der Waals surface area contributed by atoms with Crippen LogP contribution in [0.15, 0.2) is 27.8 Å². The van der Waals surface area contributed by atoms with Crippen LogP contribution in [-0.4, -0.2) is 23.8 Å². The largest absolute Gasteiger partial charge is 0.316 e. The highest BCUT2D eigenvalue weighted by Gasteiger charge is 1.99. The topological polar surface area (TPSA) is 24.9 Å². The number of hydrogen-bond donors (Lipinski definition) is 1. The molecule has 1 rings (SSSR count). The molecule has 1 aromatic rings. The van der Waals surface area contributed by atoms with Gasteiger partial charge in [-0.1, -0.05) is 19.8 Å². The van der Waals surface area contributed by atoms with Crippen molar-refractivity contribution in [3.63, 3.8) is 0 Å². The van der Waals surface area contributed by atoms with Crippen LogP contribution < -0.4 is 5.32 Å². The van der Waals surface area contributed by atoms with Crippen molar-refractivity contribution in [1.29, 1.82) is 0 Å². The third-order valence-electron chi connectivity index (χ3n) is 2.20. The Labute approximate surface area is 111 Å². The molecule has 0 fully saturated rings.